The lowest BCUT2D eigenvalue weighted by atomic mass is 10.1. The number of halogens is 4. The number of hydrogen-bond acceptors (Lipinski definition) is 3. The van der Waals surface area contributed by atoms with E-state index in [0.29, 0.717) is 5.69 Å². The molecular weight excluding hydrogens is 412 g/mol. The van der Waals surface area contributed by atoms with Gasteiger partial charge in [-0.05, 0) is 36.4 Å². The Kier molecular flexibility index (Phi) is 5.29. The van der Waals surface area contributed by atoms with Crippen molar-refractivity contribution in [2.24, 2.45) is 0 Å². The third-order valence-corrected chi connectivity index (χ3v) is 4.44. The average molecular weight is 426 g/mol. The molecule has 1 heterocycles. The molecular formula is C23H14F4N2O2. The summed E-state index contributed by atoms with van der Waals surface area (Å²) in [6, 6.07) is 19.3. The first-order valence-electron chi connectivity index (χ1n) is 9.12. The fourth-order valence-electron chi connectivity index (χ4n) is 2.97. The lowest BCUT2D eigenvalue weighted by Crippen LogP contribution is -2.13. The van der Waals surface area contributed by atoms with E-state index < -0.39 is 23.7 Å². The highest BCUT2D eigenvalue weighted by Crippen LogP contribution is 2.39. The molecule has 0 radical (unpaired) electrons. The SMILES string of the molecule is O=C(Nc1ccc(-c2nc(-c3ccccc3)c(C(F)(F)F)o2)cc1)c1ccccc1F. The van der Waals surface area contributed by atoms with E-state index in [0.717, 1.165) is 0 Å². The normalized spacial score (nSPS) is 11.4. The van der Waals surface area contributed by atoms with E-state index in [-0.39, 0.29) is 28.3 Å². The summed E-state index contributed by atoms with van der Waals surface area (Å²) in [5.74, 6) is -2.71. The number of anilines is 1. The summed E-state index contributed by atoms with van der Waals surface area (Å²) in [7, 11) is 0. The smallest absolute Gasteiger partial charge is 0.431 e. The summed E-state index contributed by atoms with van der Waals surface area (Å²) >= 11 is 0. The van der Waals surface area contributed by atoms with Crippen LogP contribution in [-0.2, 0) is 6.18 Å². The van der Waals surface area contributed by atoms with Crippen molar-refractivity contribution in [2.45, 2.75) is 6.18 Å². The summed E-state index contributed by atoms with van der Waals surface area (Å²) in [5, 5.41) is 2.53. The van der Waals surface area contributed by atoms with Crippen LogP contribution in [0.2, 0.25) is 0 Å². The van der Waals surface area contributed by atoms with Crippen molar-refractivity contribution in [3.05, 3.63) is 96.0 Å². The third kappa shape index (κ3) is 4.32. The molecule has 0 fully saturated rings. The second-order valence-electron chi connectivity index (χ2n) is 6.57. The zero-order valence-corrected chi connectivity index (χ0v) is 15.8. The minimum absolute atomic E-state index is 0.124. The summed E-state index contributed by atoms with van der Waals surface area (Å²) in [6.45, 7) is 0. The average Bonchev–Trinajstić information content (AvgIpc) is 3.21. The molecule has 0 aliphatic carbocycles. The molecule has 0 atom stereocenters. The van der Waals surface area contributed by atoms with Gasteiger partial charge in [0, 0.05) is 16.8 Å². The fourth-order valence-corrected chi connectivity index (χ4v) is 2.97. The molecule has 3 aromatic carbocycles. The molecule has 0 spiro atoms. The van der Waals surface area contributed by atoms with Gasteiger partial charge in [0.15, 0.2) is 0 Å². The Morgan fingerprint density at radius 1 is 0.839 bits per heavy atom. The zero-order chi connectivity index (χ0) is 22.0. The molecule has 1 aromatic heterocycles. The van der Waals surface area contributed by atoms with Crippen LogP contribution in [0.25, 0.3) is 22.7 Å². The third-order valence-electron chi connectivity index (χ3n) is 4.44. The molecule has 0 aliphatic heterocycles. The number of alkyl halides is 3. The van der Waals surface area contributed by atoms with Crippen LogP contribution in [0.4, 0.5) is 23.2 Å². The van der Waals surface area contributed by atoms with Gasteiger partial charge in [-0.15, -0.1) is 0 Å². The van der Waals surface area contributed by atoms with Crippen LogP contribution in [0.15, 0.2) is 83.3 Å². The van der Waals surface area contributed by atoms with Crippen molar-refractivity contribution in [3.63, 3.8) is 0 Å². The standard InChI is InChI=1S/C23H14F4N2O2/c24-18-9-5-4-8-17(18)21(30)28-16-12-10-15(11-13-16)22-29-19(14-6-2-1-3-7-14)20(31-22)23(25,26)27/h1-13H,(H,28,30). The number of carbonyl (C=O) groups excluding carboxylic acids is 1. The summed E-state index contributed by atoms with van der Waals surface area (Å²) < 4.78 is 59.1. The summed E-state index contributed by atoms with van der Waals surface area (Å²) in [5.41, 5.74) is 0.472. The maximum atomic E-state index is 13.7. The zero-order valence-electron chi connectivity index (χ0n) is 15.8. The van der Waals surface area contributed by atoms with Gasteiger partial charge in [0.05, 0.1) is 5.56 Å². The van der Waals surface area contributed by atoms with Gasteiger partial charge < -0.3 is 9.73 Å². The largest absolute Gasteiger partial charge is 0.451 e. The number of oxazole rings is 1. The van der Waals surface area contributed by atoms with Gasteiger partial charge in [-0.2, -0.15) is 13.2 Å². The molecule has 4 aromatic rings. The van der Waals surface area contributed by atoms with Gasteiger partial charge in [-0.3, -0.25) is 4.79 Å². The van der Waals surface area contributed by atoms with E-state index in [1.165, 1.54) is 60.7 Å². The highest BCUT2D eigenvalue weighted by atomic mass is 19.4. The van der Waals surface area contributed by atoms with Crippen molar-refractivity contribution in [1.82, 2.24) is 4.98 Å². The Labute approximate surface area is 174 Å². The monoisotopic (exact) mass is 426 g/mol. The molecule has 0 bridgehead atoms. The number of nitrogens with one attached hydrogen (secondary N) is 1. The van der Waals surface area contributed by atoms with Gasteiger partial charge in [-0.1, -0.05) is 42.5 Å². The van der Waals surface area contributed by atoms with E-state index in [9.17, 15) is 22.4 Å². The van der Waals surface area contributed by atoms with Crippen molar-refractivity contribution in [2.75, 3.05) is 5.32 Å². The van der Waals surface area contributed by atoms with Crippen LogP contribution in [0.5, 0.6) is 0 Å². The van der Waals surface area contributed by atoms with Crippen molar-refractivity contribution < 1.29 is 26.8 Å². The first-order chi connectivity index (χ1) is 14.8. The lowest BCUT2D eigenvalue weighted by Gasteiger charge is -2.06. The number of nitrogens with zero attached hydrogens (tertiary/aromatic N) is 1. The first-order valence-corrected chi connectivity index (χ1v) is 9.12. The van der Waals surface area contributed by atoms with Crippen molar-refractivity contribution >= 4 is 11.6 Å². The molecule has 0 saturated heterocycles. The molecule has 4 rings (SSSR count). The number of rotatable bonds is 4. The predicted octanol–water partition coefficient (Wildman–Crippen LogP) is 6.42. The molecule has 4 nitrogen and oxygen atoms in total. The molecule has 8 heteroatoms. The van der Waals surface area contributed by atoms with Crippen LogP contribution >= 0.6 is 0 Å². The molecule has 156 valence electrons. The maximum Gasteiger partial charge on any atom is 0.451 e. The van der Waals surface area contributed by atoms with Crippen LogP contribution in [0.3, 0.4) is 0 Å². The Morgan fingerprint density at radius 3 is 2.13 bits per heavy atom. The van der Waals surface area contributed by atoms with Gasteiger partial charge in [-0.25, -0.2) is 9.37 Å². The van der Waals surface area contributed by atoms with E-state index in [2.05, 4.69) is 10.3 Å². The number of amides is 1. The molecule has 31 heavy (non-hydrogen) atoms. The number of carbonyl (C=O) groups is 1. The van der Waals surface area contributed by atoms with E-state index in [4.69, 9.17) is 4.42 Å². The molecule has 0 unspecified atom stereocenters. The van der Waals surface area contributed by atoms with Gasteiger partial charge in [0.1, 0.15) is 11.5 Å². The van der Waals surface area contributed by atoms with E-state index >= 15 is 0 Å². The maximum absolute atomic E-state index is 13.7. The van der Waals surface area contributed by atoms with Gasteiger partial charge in [0.2, 0.25) is 11.7 Å². The molecule has 0 saturated carbocycles. The van der Waals surface area contributed by atoms with Crippen LogP contribution in [0.1, 0.15) is 16.1 Å². The molecule has 1 N–H and O–H groups in total. The van der Waals surface area contributed by atoms with E-state index in [1.54, 1.807) is 18.2 Å². The van der Waals surface area contributed by atoms with E-state index in [1.807, 2.05) is 0 Å². The fraction of sp³-hybridized carbons (Fsp3) is 0.0435. The highest BCUT2D eigenvalue weighted by molar-refractivity contribution is 6.04. The minimum atomic E-state index is -4.72. The highest BCUT2D eigenvalue weighted by Gasteiger charge is 2.40. The topological polar surface area (TPSA) is 55.1 Å². The number of aromatic nitrogens is 1. The second-order valence-corrected chi connectivity index (χ2v) is 6.57. The first kappa shape index (κ1) is 20.3. The van der Waals surface area contributed by atoms with Crippen LogP contribution in [0, 0.1) is 5.82 Å². The predicted molar refractivity (Wildman–Crippen MR) is 107 cm³/mol. The summed E-state index contributed by atoms with van der Waals surface area (Å²) in [6.07, 6.45) is -4.72. The molecule has 1 amide bonds. The Balaban J connectivity index is 1.62. The van der Waals surface area contributed by atoms with Crippen molar-refractivity contribution in [3.8, 4) is 22.7 Å². The summed E-state index contributed by atoms with van der Waals surface area (Å²) in [4.78, 5) is 16.2. The Hall–Kier alpha value is -3.94. The number of hydrogen-bond donors (Lipinski definition) is 1. The Bertz CT molecular complexity index is 1220. The second kappa shape index (κ2) is 8.06. The van der Waals surface area contributed by atoms with Crippen LogP contribution in [-0.4, -0.2) is 10.9 Å². The lowest BCUT2D eigenvalue weighted by molar-refractivity contribution is -0.152. The van der Waals surface area contributed by atoms with Gasteiger partial charge in [0.25, 0.3) is 5.91 Å². The van der Waals surface area contributed by atoms with Crippen LogP contribution < -0.4 is 5.32 Å². The molecule has 0 aliphatic rings. The number of benzene rings is 3. The minimum Gasteiger partial charge on any atom is -0.431 e. The van der Waals surface area contributed by atoms with Crippen molar-refractivity contribution in [1.29, 1.82) is 0 Å². The van der Waals surface area contributed by atoms with Gasteiger partial charge >= 0.3 is 6.18 Å². The Morgan fingerprint density at radius 2 is 1.48 bits per heavy atom. The quantitative estimate of drug-likeness (QED) is 0.383.